The first-order valence-electron chi connectivity index (χ1n) is 7.67. The highest BCUT2D eigenvalue weighted by atomic mass is 16.5. The minimum Gasteiger partial charge on any atom is -0.504 e. The molecule has 0 fully saturated rings. The molecule has 128 valence electrons. The second kappa shape index (κ2) is 6.49. The number of phenolic OH excluding ortho intramolecular Hbond substituents is 2. The van der Waals surface area contributed by atoms with Crippen LogP contribution in [-0.4, -0.2) is 38.1 Å². The Kier molecular flexibility index (Phi) is 4.40. The summed E-state index contributed by atoms with van der Waals surface area (Å²) < 4.78 is 16.2. The number of benzene rings is 2. The van der Waals surface area contributed by atoms with Crippen LogP contribution in [0.4, 0.5) is 0 Å². The molecule has 0 aromatic heterocycles. The lowest BCUT2D eigenvalue weighted by molar-refractivity contribution is 0.323. The summed E-state index contributed by atoms with van der Waals surface area (Å²) >= 11 is 0. The number of hydrogen-bond donors (Lipinski definition) is 3. The molecule has 6 nitrogen and oxygen atoms in total. The summed E-state index contributed by atoms with van der Waals surface area (Å²) in [5, 5.41) is 23.0. The third-order valence-electron chi connectivity index (χ3n) is 4.31. The molecule has 1 heterocycles. The molecule has 1 aliphatic heterocycles. The van der Waals surface area contributed by atoms with Gasteiger partial charge in [0.15, 0.2) is 23.0 Å². The largest absolute Gasteiger partial charge is 0.504 e. The van der Waals surface area contributed by atoms with Crippen molar-refractivity contribution in [3.63, 3.8) is 0 Å². The molecule has 3 N–H and O–H groups in total. The standard InChI is InChI=1S/C18H21NO5/c1-22-15-7-11(8-16(23-2)18(15)24-3)17-12-9-14(21)13(20)6-10(12)4-5-19-17/h6-9,17,19-21H,4-5H2,1-3H3/t17-/m0/s1. The summed E-state index contributed by atoms with van der Waals surface area (Å²) in [5.74, 6) is 1.45. The average molecular weight is 331 g/mol. The Morgan fingerprint density at radius 2 is 1.54 bits per heavy atom. The molecule has 24 heavy (non-hydrogen) atoms. The van der Waals surface area contributed by atoms with Crippen LogP contribution >= 0.6 is 0 Å². The molecule has 3 rings (SSSR count). The van der Waals surface area contributed by atoms with Crippen LogP contribution in [0.2, 0.25) is 0 Å². The molecule has 6 heteroatoms. The fourth-order valence-corrected chi connectivity index (χ4v) is 3.15. The van der Waals surface area contributed by atoms with Crippen molar-refractivity contribution in [1.82, 2.24) is 5.32 Å². The first-order valence-corrected chi connectivity index (χ1v) is 7.67. The molecule has 0 aliphatic carbocycles. The smallest absolute Gasteiger partial charge is 0.203 e. The van der Waals surface area contributed by atoms with Crippen molar-refractivity contribution in [2.75, 3.05) is 27.9 Å². The van der Waals surface area contributed by atoms with E-state index in [1.54, 1.807) is 33.5 Å². The molecular weight excluding hydrogens is 310 g/mol. The van der Waals surface area contributed by atoms with Gasteiger partial charge in [-0.05, 0) is 47.4 Å². The molecule has 0 amide bonds. The van der Waals surface area contributed by atoms with Gasteiger partial charge in [0.2, 0.25) is 5.75 Å². The SMILES string of the molecule is COc1cc([C@@H]2NCCc3cc(O)c(O)cc32)cc(OC)c1OC. The van der Waals surface area contributed by atoms with Crippen molar-refractivity contribution < 1.29 is 24.4 Å². The first-order chi connectivity index (χ1) is 11.6. The van der Waals surface area contributed by atoms with Gasteiger partial charge in [-0.1, -0.05) is 0 Å². The van der Waals surface area contributed by atoms with Gasteiger partial charge >= 0.3 is 0 Å². The summed E-state index contributed by atoms with van der Waals surface area (Å²) in [6.45, 7) is 0.762. The molecule has 0 bridgehead atoms. The minimum atomic E-state index is -0.144. The molecule has 2 aromatic carbocycles. The van der Waals surface area contributed by atoms with E-state index in [-0.39, 0.29) is 17.5 Å². The van der Waals surface area contributed by atoms with E-state index in [0.29, 0.717) is 17.2 Å². The van der Waals surface area contributed by atoms with Gasteiger partial charge in [-0.25, -0.2) is 0 Å². The predicted molar refractivity (Wildman–Crippen MR) is 89.4 cm³/mol. The van der Waals surface area contributed by atoms with Gasteiger partial charge < -0.3 is 29.7 Å². The van der Waals surface area contributed by atoms with Gasteiger partial charge in [0.25, 0.3) is 0 Å². The second-order valence-electron chi connectivity index (χ2n) is 5.64. The molecule has 0 saturated heterocycles. The monoisotopic (exact) mass is 331 g/mol. The van der Waals surface area contributed by atoms with E-state index in [2.05, 4.69) is 5.32 Å². The first kappa shape index (κ1) is 16.3. The van der Waals surface area contributed by atoms with Crippen LogP contribution in [0.1, 0.15) is 22.7 Å². The molecule has 2 aromatic rings. The maximum absolute atomic E-state index is 9.88. The minimum absolute atomic E-state index is 0.0979. The van der Waals surface area contributed by atoms with Gasteiger partial charge in [0.1, 0.15) is 0 Å². The van der Waals surface area contributed by atoms with Crippen LogP contribution < -0.4 is 19.5 Å². The lowest BCUT2D eigenvalue weighted by Crippen LogP contribution is -2.30. The van der Waals surface area contributed by atoms with Crippen molar-refractivity contribution in [3.05, 3.63) is 41.0 Å². The van der Waals surface area contributed by atoms with E-state index in [4.69, 9.17) is 14.2 Å². The Hall–Kier alpha value is -2.60. The average Bonchev–Trinajstić information content (AvgIpc) is 2.60. The summed E-state index contributed by atoms with van der Waals surface area (Å²) in [4.78, 5) is 0. The number of ether oxygens (including phenoxy) is 3. The van der Waals surface area contributed by atoms with E-state index in [1.165, 1.54) is 0 Å². The van der Waals surface area contributed by atoms with Crippen LogP contribution in [0.3, 0.4) is 0 Å². The number of fused-ring (bicyclic) bond motifs is 1. The normalized spacial score (nSPS) is 16.4. The van der Waals surface area contributed by atoms with Crippen LogP contribution in [0.15, 0.2) is 24.3 Å². The third-order valence-corrected chi connectivity index (χ3v) is 4.31. The summed E-state index contributed by atoms with van der Waals surface area (Å²) in [6.07, 6.45) is 0.782. The fraction of sp³-hybridized carbons (Fsp3) is 0.333. The van der Waals surface area contributed by atoms with Gasteiger partial charge in [-0.15, -0.1) is 0 Å². The van der Waals surface area contributed by atoms with Crippen LogP contribution in [0.5, 0.6) is 28.7 Å². The summed E-state index contributed by atoms with van der Waals surface area (Å²) in [7, 11) is 4.72. The lowest BCUT2D eigenvalue weighted by atomic mass is 9.89. The van der Waals surface area contributed by atoms with Crippen molar-refractivity contribution in [3.8, 4) is 28.7 Å². The number of hydrogen-bond acceptors (Lipinski definition) is 6. The van der Waals surface area contributed by atoms with Crippen LogP contribution in [0.25, 0.3) is 0 Å². The second-order valence-corrected chi connectivity index (χ2v) is 5.64. The molecular formula is C18H21NO5. The third kappa shape index (κ3) is 2.69. The molecule has 1 atom stereocenters. The Labute approximate surface area is 140 Å². The Morgan fingerprint density at radius 3 is 2.12 bits per heavy atom. The number of nitrogens with one attached hydrogen (secondary N) is 1. The van der Waals surface area contributed by atoms with E-state index >= 15 is 0 Å². The number of phenols is 2. The number of aromatic hydroxyl groups is 2. The zero-order valence-corrected chi connectivity index (χ0v) is 13.9. The maximum Gasteiger partial charge on any atom is 0.203 e. The Bertz CT molecular complexity index is 734. The van der Waals surface area contributed by atoms with E-state index in [1.807, 2.05) is 12.1 Å². The topological polar surface area (TPSA) is 80.2 Å². The highest BCUT2D eigenvalue weighted by molar-refractivity contribution is 5.57. The lowest BCUT2D eigenvalue weighted by Gasteiger charge is -2.28. The van der Waals surface area contributed by atoms with E-state index in [0.717, 1.165) is 29.7 Å². The van der Waals surface area contributed by atoms with Gasteiger partial charge in [0.05, 0.1) is 27.4 Å². The van der Waals surface area contributed by atoms with Crippen molar-refractivity contribution >= 4 is 0 Å². The van der Waals surface area contributed by atoms with E-state index in [9.17, 15) is 10.2 Å². The zero-order chi connectivity index (χ0) is 17.3. The predicted octanol–water partition coefficient (Wildman–Crippen LogP) is 2.36. The van der Waals surface area contributed by atoms with Crippen LogP contribution in [0, 0.1) is 0 Å². The van der Waals surface area contributed by atoms with Crippen molar-refractivity contribution in [2.45, 2.75) is 12.5 Å². The molecule has 0 radical (unpaired) electrons. The number of rotatable bonds is 4. The zero-order valence-electron chi connectivity index (χ0n) is 13.9. The fourth-order valence-electron chi connectivity index (χ4n) is 3.15. The van der Waals surface area contributed by atoms with Gasteiger partial charge in [-0.3, -0.25) is 0 Å². The number of methoxy groups -OCH3 is 3. The Morgan fingerprint density at radius 1 is 0.917 bits per heavy atom. The van der Waals surface area contributed by atoms with Crippen molar-refractivity contribution in [1.29, 1.82) is 0 Å². The quantitative estimate of drug-likeness (QED) is 0.747. The van der Waals surface area contributed by atoms with E-state index < -0.39 is 0 Å². The summed E-state index contributed by atoms with van der Waals surface area (Å²) in [6, 6.07) is 6.85. The molecule has 1 aliphatic rings. The molecule has 0 spiro atoms. The van der Waals surface area contributed by atoms with Gasteiger partial charge in [-0.2, -0.15) is 0 Å². The highest BCUT2D eigenvalue weighted by Crippen LogP contribution is 2.43. The summed E-state index contributed by atoms with van der Waals surface area (Å²) in [5.41, 5.74) is 2.85. The van der Waals surface area contributed by atoms with Crippen molar-refractivity contribution in [2.24, 2.45) is 0 Å². The Balaban J connectivity index is 2.12. The van der Waals surface area contributed by atoms with Crippen LogP contribution in [-0.2, 0) is 6.42 Å². The van der Waals surface area contributed by atoms with Gasteiger partial charge in [0, 0.05) is 6.54 Å². The molecule has 0 unspecified atom stereocenters. The maximum atomic E-state index is 9.88. The molecule has 0 saturated carbocycles. The highest BCUT2D eigenvalue weighted by Gasteiger charge is 2.25.